The van der Waals surface area contributed by atoms with Crippen molar-refractivity contribution in [3.8, 4) is 0 Å². The van der Waals surface area contributed by atoms with Crippen LogP contribution in [-0.4, -0.2) is 29.1 Å². The maximum Gasteiger partial charge on any atom is 0.365 e. The SMILES string of the molecule is COC(=O)C=Cc1csc(C(=O)O)n1. The van der Waals surface area contributed by atoms with Crippen molar-refractivity contribution in [1.29, 1.82) is 0 Å². The first-order valence-electron chi connectivity index (χ1n) is 3.58. The van der Waals surface area contributed by atoms with Gasteiger partial charge in [-0.2, -0.15) is 0 Å². The zero-order chi connectivity index (χ0) is 10.6. The van der Waals surface area contributed by atoms with Crippen molar-refractivity contribution in [2.45, 2.75) is 0 Å². The predicted molar refractivity (Wildman–Crippen MR) is 50.1 cm³/mol. The average Bonchev–Trinajstić information content (AvgIpc) is 2.62. The van der Waals surface area contributed by atoms with Gasteiger partial charge in [0.05, 0.1) is 12.8 Å². The second-order valence-corrected chi connectivity index (χ2v) is 3.10. The second-order valence-electron chi connectivity index (χ2n) is 2.24. The number of carbonyl (C=O) groups is 2. The highest BCUT2D eigenvalue weighted by Crippen LogP contribution is 2.10. The van der Waals surface area contributed by atoms with Gasteiger partial charge in [-0.05, 0) is 6.08 Å². The van der Waals surface area contributed by atoms with Crippen LogP contribution in [0.1, 0.15) is 15.5 Å². The molecule has 0 saturated heterocycles. The van der Waals surface area contributed by atoms with Gasteiger partial charge in [0.15, 0.2) is 0 Å². The highest BCUT2D eigenvalue weighted by Gasteiger charge is 2.06. The number of hydrogen-bond donors (Lipinski definition) is 1. The van der Waals surface area contributed by atoms with Crippen LogP contribution in [0.25, 0.3) is 6.08 Å². The smallest absolute Gasteiger partial charge is 0.365 e. The number of aromatic nitrogens is 1. The number of hydrogen-bond acceptors (Lipinski definition) is 5. The molecule has 0 bridgehead atoms. The molecule has 0 aromatic carbocycles. The van der Waals surface area contributed by atoms with Crippen LogP contribution in [0, 0.1) is 0 Å². The molecular weight excluding hydrogens is 206 g/mol. The molecule has 0 amide bonds. The van der Waals surface area contributed by atoms with E-state index in [0.29, 0.717) is 5.69 Å². The fraction of sp³-hybridized carbons (Fsp3) is 0.125. The van der Waals surface area contributed by atoms with E-state index in [9.17, 15) is 9.59 Å². The minimum Gasteiger partial charge on any atom is -0.476 e. The standard InChI is InChI=1S/C8H7NO4S/c1-13-6(10)3-2-5-4-14-7(9-5)8(11)12/h2-4H,1H3,(H,11,12). The molecule has 0 atom stereocenters. The lowest BCUT2D eigenvalue weighted by molar-refractivity contribution is -0.134. The van der Waals surface area contributed by atoms with Gasteiger partial charge in [-0.15, -0.1) is 11.3 Å². The molecule has 0 aliphatic carbocycles. The van der Waals surface area contributed by atoms with Crippen LogP contribution in [0.15, 0.2) is 11.5 Å². The molecule has 0 unspecified atom stereocenters. The number of esters is 1. The summed E-state index contributed by atoms with van der Waals surface area (Å²) < 4.78 is 4.36. The molecule has 5 nitrogen and oxygen atoms in total. The normalized spacial score (nSPS) is 10.4. The molecule has 0 radical (unpaired) electrons. The minimum absolute atomic E-state index is 0.00508. The summed E-state index contributed by atoms with van der Waals surface area (Å²) in [6.45, 7) is 0. The van der Waals surface area contributed by atoms with Gasteiger partial charge in [0.1, 0.15) is 0 Å². The number of carboxylic acids is 1. The van der Waals surface area contributed by atoms with Gasteiger partial charge in [-0.25, -0.2) is 14.6 Å². The van der Waals surface area contributed by atoms with Gasteiger partial charge < -0.3 is 9.84 Å². The van der Waals surface area contributed by atoms with Crippen molar-refractivity contribution in [3.05, 3.63) is 22.2 Å². The van der Waals surface area contributed by atoms with E-state index >= 15 is 0 Å². The molecule has 0 spiro atoms. The molecule has 0 saturated carbocycles. The van der Waals surface area contributed by atoms with E-state index < -0.39 is 11.9 Å². The Labute approximate surface area is 83.7 Å². The van der Waals surface area contributed by atoms with E-state index in [2.05, 4.69) is 9.72 Å². The van der Waals surface area contributed by atoms with Gasteiger partial charge in [-0.3, -0.25) is 0 Å². The molecule has 0 aliphatic rings. The van der Waals surface area contributed by atoms with E-state index in [-0.39, 0.29) is 5.01 Å². The van der Waals surface area contributed by atoms with Crippen molar-refractivity contribution < 1.29 is 19.4 Å². The fourth-order valence-corrected chi connectivity index (χ4v) is 1.30. The van der Waals surface area contributed by atoms with Crippen LogP contribution in [0.4, 0.5) is 0 Å². The molecule has 1 heterocycles. The Hall–Kier alpha value is -1.69. The van der Waals surface area contributed by atoms with Gasteiger partial charge in [0.25, 0.3) is 0 Å². The van der Waals surface area contributed by atoms with E-state index in [1.54, 1.807) is 5.38 Å². The highest BCUT2D eigenvalue weighted by molar-refractivity contribution is 7.11. The first kappa shape index (κ1) is 10.4. The Kier molecular flexibility index (Phi) is 3.35. The molecule has 1 aromatic rings. The van der Waals surface area contributed by atoms with Crippen molar-refractivity contribution >= 4 is 29.4 Å². The minimum atomic E-state index is -1.08. The van der Waals surface area contributed by atoms with E-state index in [1.807, 2.05) is 0 Å². The number of carbonyl (C=O) groups excluding carboxylic acids is 1. The summed E-state index contributed by atoms with van der Waals surface area (Å²) in [4.78, 5) is 24.9. The molecule has 0 aliphatic heterocycles. The Morgan fingerprint density at radius 3 is 2.86 bits per heavy atom. The van der Waals surface area contributed by atoms with Gasteiger partial charge >= 0.3 is 11.9 Å². The lowest BCUT2D eigenvalue weighted by Crippen LogP contribution is -1.95. The Balaban J connectivity index is 2.73. The molecule has 1 aromatic heterocycles. The van der Waals surface area contributed by atoms with Crippen molar-refractivity contribution in [2.75, 3.05) is 7.11 Å². The summed E-state index contributed by atoms with van der Waals surface area (Å²) in [6.07, 6.45) is 2.58. The molecule has 1 N–H and O–H groups in total. The third-order valence-electron chi connectivity index (χ3n) is 1.30. The third kappa shape index (κ3) is 2.67. The lowest BCUT2D eigenvalue weighted by atomic mass is 10.4. The summed E-state index contributed by atoms with van der Waals surface area (Å²) in [5.41, 5.74) is 0.429. The molecule has 74 valence electrons. The zero-order valence-electron chi connectivity index (χ0n) is 7.26. The third-order valence-corrected chi connectivity index (χ3v) is 2.14. The lowest BCUT2D eigenvalue weighted by Gasteiger charge is -1.87. The highest BCUT2D eigenvalue weighted by atomic mass is 32.1. The number of nitrogens with zero attached hydrogens (tertiary/aromatic N) is 1. The molecule has 1 rings (SSSR count). The van der Waals surface area contributed by atoms with Crippen molar-refractivity contribution in [2.24, 2.45) is 0 Å². The Morgan fingerprint density at radius 1 is 1.64 bits per heavy atom. The predicted octanol–water partition coefficient (Wildman–Crippen LogP) is 1.03. The molecule has 14 heavy (non-hydrogen) atoms. The summed E-state index contributed by atoms with van der Waals surface area (Å²) >= 11 is 1.00. The maximum absolute atomic E-state index is 10.7. The number of rotatable bonds is 3. The average molecular weight is 213 g/mol. The first-order chi connectivity index (χ1) is 6.63. The van der Waals surface area contributed by atoms with Gasteiger partial charge in [0, 0.05) is 11.5 Å². The van der Waals surface area contributed by atoms with Crippen LogP contribution < -0.4 is 0 Å². The number of ether oxygens (including phenoxy) is 1. The van der Waals surface area contributed by atoms with Crippen LogP contribution in [0.2, 0.25) is 0 Å². The molecule has 6 heteroatoms. The quantitative estimate of drug-likeness (QED) is 0.599. The van der Waals surface area contributed by atoms with E-state index in [0.717, 1.165) is 11.3 Å². The van der Waals surface area contributed by atoms with E-state index in [1.165, 1.54) is 19.3 Å². The number of aromatic carboxylic acids is 1. The molecular formula is C8H7NO4S. The number of carboxylic acid groups (broad SMARTS) is 1. The first-order valence-corrected chi connectivity index (χ1v) is 4.46. The van der Waals surface area contributed by atoms with Crippen LogP contribution in [-0.2, 0) is 9.53 Å². The molecule has 0 fully saturated rings. The number of thiazole rings is 1. The summed E-state index contributed by atoms with van der Waals surface area (Å²) in [5, 5.41) is 10.1. The number of methoxy groups -OCH3 is 1. The Morgan fingerprint density at radius 2 is 2.36 bits per heavy atom. The second kappa shape index (κ2) is 4.52. The summed E-state index contributed by atoms with van der Waals surface area (Å²) in [5.74, 6) is -1.58. The van der Waals surface area contributed by atoms with Crippen LogP contribution in [0.5, 0.6) is 0 Å². The summed E-state index contributed by atoms with van der Waals surface area (Å²) in [6, 6.07) is 0. The van der Waals surface area contributed by atoms with Crippen molar-refractivity contribution in [1.82, 2.24) is 4.98 Å². The largest absolute Gasteiger partial charge is 0.476 e. The fourth-order valence-electron chi connectivity index (χ4n) is 0.682. The van der Waals surface area contributed by atoms with E-state index in [4.69, 9.17) is 5.11 Å². The van der Waals surface area contributed by atoms with Crippen molar-refractivity contribution in [3.63, 3.8) is 0 Å². The van der Waals surface area contributed by atoms with Crippen LogP contribution in [0.3, 0.4) is 0 Å². The zero-order valence-corrected chi connectivity index (χ0v) is 8.08. The van der Waals surface area contributed by atoms with Crippen LogP contribution >= 0.6 is 11.3 Å². The maximum atomic E-state index is 10.7. The summed E-state index contributed by atoms with van der Waals surface area (Å²) in [7, 11) is 1.26. The van der Waals surface area contributed by atoms with Gasteiger partial charge in [-0.1, -0.05) is 0 Å². The monoisotopic (exact) mass is 213 g/mol. The Bertz CT molecular complexity index is 382. The van der Waals surface area contributed by atoms with Gasteiger partial charge in [0.2, 0.25) is 5.01 Å². The topological polar surface area (TPSA) is 76.5 Å².